The summed E-state index contributed by atoms with van der Waals surface area (Å²) in [5.41, 5.74) is 0. The van der Waals surface area contributed by atoms with Gasteiger partial charge in [-0.25, -0.2) is 4.79 Å². The van der Waals surface area contributed by atoms with Crippen LogP contribution in [0.2, 0.25) is 0 Å². The first-order valence-electron chi connectivity index (χ1n) is 9.49. The molecule has 2 atom stereocenters. The Balaban J connectivity index is 4.56. The zero-order valence-corrected chi connectivity index (χ0v) is 16.9. The first-order valence-corrected chi connectivity index (χ1v) is 9.49. The van der Waals surface area contributed by atoms with Gasteiger partial charge in [-0.15, -0.1) is 0 Å². The molecule has 0 rings (SSSR count). The third-order valence-corrected chi connectivity index (χ3v) is 4.39. The van der Waals surface area contributed by atoms with Crippen molar-refractivity contribution in [3.8, 4) is 0 Å². The second kappa shape index (κ2) is 12.5. The number of hydrogen-bond donors (Lipinski definition) is 2. The first kappa shape index (κ1) is 24.2. The molecule has 0 aromatic rings. The van der Waals surface area contributed by atoms with E-state index in [1.165, 1.54) is 0 Å². The average Bonchev–Trinajstić information content (AvgIpc) is 2.56. The van der Waals surface area contributed by atoms with E-state index in [0.717, 1.165) is 19.3 Å². The maximum atomic E-state index is 12.0. The predicted octanol–water partition coefficient (Wildman–Crippen LogP) is 3.81. The highest BCUT2D eigenvalue weighted by Crippen LogP contribution is 2.19. The topological polar surface area (TPSA) is 102 Å². The standard InChI is InChI=1S/C19H35NO6/c1-7-14(8-2)9-10-15(16(21)22)11-20-19(24)26-18(13(5)6)25-17(23)12(3)4/h12-15,18H,7-11H2,1-6H3,(H,20,24)(H,21,22)/t15-,18-/m0/s1. The summed E-state index contributed by atoms with van der Waals surface area (Å²) < 4.78 is 10.3. The zero-order valence-electron chi connectivity index (χ0n) is 16.9. The molecule has 0 aliphatic heterocycles. The molecule has 7 heteroatoms. The molecule has 7 nitrogen and oxygen atoms in total. The van der Waals surface area contributed by atoms with Crippen molar-refractivity contribution in [2.75, 3.05) is 6.54 Å². The van der Waals surface area contributed by atoms with E-state index in [-0.39, 0.29) is 18.4 Å². The van der Waals surface area contributed by atoms with E-state index in [9.17, 15) is 19.5 Å². The lowest BCUT2D eigenvalue weighted by molar-refractivity contribution is -0.178. The van der Waals surface area contributed by atoms with Gasteiger partial charge in [0.2, 0.25) is 0 Å². The number of nitrogens with one attached hydrogen (secondary N) is 1. The Labute approximate surface area is 156 Å². The van der Waals surface area contributed by atoms with E-state index >= 15 is 0 Å². The Morgan fingerprint density at radius 3 is 1.96 bits per heavy atom. The SMILES string of the molecule is CCC(CC)CC[C@@H](CNC(=O)O[C@H](OC(=O)C(C)C)C(C)C)C(=O)O. The molecule has 0 saturated heterocycles. The fourth-order valence-electron chi connectivity index (χ4n) is 2.35. The highest BCUT2D eigenvalue weighted by molar-refractivity contribution is 5.73. The van der Waals surface area contributed by atoms with Gasteiger partial charge < -0.3 is 19.9 Å². The molecule has 0 radical (unpaired) electrons. The summed E-state index contributed by atoms with van der Waals surface area (Å²) in [5, 5.41) is 11.8. The Bertz CT molecular complexity index is 445. The molecule has 0 saturated carbocycles. The number of hydrogen-bond acceptors (Lipinski definition) is 5. The zero-order chi connectivity index (χ0) is 20.3. The van der Waals surface area contributed by atoms with Crippen LogP contribution in [0.15, 0.2) is 0 Å². The predicted molar refractivity (Wildman–Crippen MR) is 98.5 cm³/mol. The van der Waals surface area contributed by atoms with Crippen LogP contribution in [0, 0.1) is 23.7 Å². The van der Waals surface area contributed by atoms with Gasteiger partial charge in [-0.2, -0.15) is 0 Å². The molecular weight excluding hydrogens is 338 g/mol. The lowest BCUT2D eigenvalue weighted by atomic mass is 9.92. The number of amides is 1. The van der Waals surface area contributed by atoms with Gasteiger partial charge in [-0.1, -0.05) is 54.4 Å². The van der Waals surface area contributed by atoms with Gasteiger partial charge in [0, 0.05) is 12.5 Å². The van der Waals surface area contributed by atoms with E-state index in [0.29, 0.717) is 12.3 Å². The van der Waals surface area contributed by atoms with Crippen LogP contribution in [0.3, 0.4) is 0 Å². The van der Waals surface area contributed by atoms with Crippen molar-refractivity contribution in [3.05, 3.63) is 0 Å². The maximum absolute atomic E-state index is 12.0. The van der Waals surface area contributed by atoms with E-state index in [1.807, 2.05) is 0 Å². The van der Waals surface area contributed by atoms with Crippen LogP contribution in [-0.2, 0) is 19.1 Å². The summed E-state index contributed by atoms with van der Waals surface area (Å²) in [7, 11) is 0. The van der Waals surface area contributed by atoms with Crippen LogP contribution in [0.1, 0.15) is 67.2 Å². The number of aliphatic carboxylic acids is 1. The van der Waals surface area contributed by atoms with Crippen LogP contribution < -0.4 is 5.32 Å². The molecular formula is C19H35NO6. The summed E-state index contributed by atoms with van der Waals surface area (Å²) in [6.07, 6.45) is 1.54. The molecule has 0 aromatic heterocycles. The normalized spacial score (nSPS) is 13.6. The molecule has 0 spiro atoms. The average molecular weight is 373 g/mol. The number of carbonyl (C=O) groups is 3. The molecule has 0 bridgehead atoms. The fourth-order valence-corrected chi connectivity index (χ4v) is 2.35. The number of alkyl carbamates (subject to hydrolysis) is 1. The molecule has 1 amide bonds. The summed E-state index contributed by atoms with van der Waals surface area (Å²) in [4.78, 5) is 35.0. The van der Waals surface area contributed by atoms with Crippen molar-refractivity contribution in [3.63, 3.8) is 0 Å². The first-order chi connectivity index (χ1) is 12.1. The van der Waals surface area contributed by atoms with Gasteiger partial charge in [-0.05, 0) is 18.8 Å². The monoisotopic (exact) mass is 373 g/mol. The number of rotatable bonds is 12. The molecule has 0 aliphatic carbocycles. The van der Waals surface area contributed by atoms with Gasteiger partial charge in [-0.3, -0.25) is 9.59 Å². The Morgan fingerprint density at radius 2 is 1.54 bits per heavy atom. The summed E-state index contributed by atoms with van der Waals surface area (Å²) in [6, 6.07) is 0. The molecule has 0 fully saturated rings. The van der Waals surface area contributed by atoms with Gasteiger partial charge in [0.25, 0.3) is 6.29 Å². The third kappa shape index (κ3) is 9.63. The Morgan fingerprint density at radius 1 is 0.962 bits per heavy atom. The number of ether oxygens (including phenoxy) is 2. The van der Waals surface area contributed by atoms with E-state index in [1.54, 1.807) is 27.7 Å². The van der Waals surface area contributed by atoms with Crippen LogP contribution in [0.25, 0.3) is 0 Å². The number of carboxylic acid groups (broad SMARTS) is 1. The maximum Gasteiger partial charge on any atom is 0.410 e. The van der Waals surface area contributed by atoms with Crippen molar-refractivity contribution in [1.29, 1.82) is 0 Å². The molecule has 0 aromatic carbocycles. The van der Waals surface area contributed by atoms with E-state index < -0.39 is 30.2 Å². The van der Waals surface area contributed by atoms with Crippen LogP contribution in [0.5, 0.6) is 0 Å². The highest BCUT2D eigenvalue weighted by atomic mass is 16.7. The summed E-state index contributed by atoms with van der Waals surface area (Å²) >= 11 is 0. The van der Waals surface area contributed by atoms with Crippen LogP contribution >= 0.6 is 0 Å². The number of carbonyl (C=O) groups excluding carboxylic acids is 2. The fraction of sp³-hybridized carbons (Fsp3) is 0.842. The lowest BCUT2D eigenvalue weighted by Gasteiger charge is -2.23. The number of carboxylic acids is 1. The lowest BCUT2D eigenvalue weighted by Crippen LogP contribution is -2.38. The van der Waals surface area contributed by atoms with Crippen molar-refractivity contribution in [1.82, 2.24) is 5.32 Å². The molecule has 0 unspecified atom stereocenters. The Kier molecular flexibility index (Phi) is 11.7. The second-order valence-electron chi connectivity index (χ2n) is 7.29. The molecule has 152 valence electrons. The van der Waals surface area contributed by atoms with Gasteiger partial charge in [0.1, 0.15) is 0 Å². The minimum Gasteiger partial charge on any atom is -0.481 e. The third-order valence-electron chi connectivity index (χ3n) is 4.39. The van der Waals surface area contributed by atoms with E-state index in [4.69, 9.17) is 9.47 Å². The molecule has 0 heterocycles. The highest BCUT2D eigenvalue weighted by Gasteiger charge is 2.25. The van der Waals surface area contributed by atoms with Crippen molar-refractivity contribution in [2.45, 2.75) is 73.5 Å². The quantitative estimate of drug-likeness (QED) is 0.398. The summed E-state index contributed by atoms with van der Waals surface area (Å²) in [5.74, 6) is -2.12. The minimum absolute atomic E-state index is 0.0166. The largest absolute Gasteiger partial charge is 0.481 e. The smallest absolute Gasteiger partial charge is 0.410 e. The Hall–Kier alpha value is -1.79. The molecule has 2 N–H and O–H groups in total. The van der Waals surface area contributed by atoms with Gasteiger partial charge in [0.05, 0.1) is 11.8 Å². The number of esters is 1. The van der Waals surface area contributed by atoms with Gasteiger partial charge >= 0.3 is 18.0 Å². The van der Waals surface area contributed by atoms with Gasteiger partial charge in [0.15, 0.2) is 0 Å². The second-order valence-corrected chi connectivity index (χ2v) is 7.29. The molecule has 0 aliphatic rings. The van der Waals surface area contributed by atoms with Crippen LogP contribution in [-0.4, -0.2) is 36.0 Å². The summed E-state index contributed by atoms with van der Waals surface area (Å²) in [6.45, 7) is 11.1. The van der Waals surface area contributed by atoms with E-state index in [2.05, 4.69) is 19.2 Å². The van der Waals surface area contributed by atoms with Crippen LogP contribution in [0.4, 0.5) is 4.79 Å². The van der Waals surface area contributed by atoms with Crippen molar-refractivity contribution >= 4 is 18.0 Å². The van der Waals surface area contributed by atoms with Crippen molar-refractivity contribution in [2.24, 2.45) is 23.7 Å². The molecule has 26 heavy (non-hydrogen) atoms. The van der Waals surface area contributed by atoms with Crippen molar-refractivity contribution < 1.29 is 29.0 Å². The minimum atomic E-state index is -1.00.